The van der Waals surface area contributed by atoms with Crippen LogP contribution in [0.1, 0.15) is 49.8 Å². The van der Waals surface area contributed by atoms with Gasteiger partial charge in [0.1, 0.15) is 5.69 Å². The zero-order valence-electron chi connectivity index (χ0n) is 10.9. The van der Waals surface area contributed by atoms with Gasteiger partial charge in [0, 0.05) is 17.7 Å². The first-order valence-electron chi connectivity index (χ1n) is 5.92. The van der Waals surface area contributed by atoms with Crippen molar-refractivity contribution in [2.24, 2.45) is 0 Å². The van der Waals surface area contributed by atoms with Gasteiger partial charge in [0.25, 0.3) is 5.91 Å². The minimum atomic E-state index is -0.870. The molecule has 0 bridgehead atoms. The maximum Gasteiger partial charge on any atom is 0.303 e. The Morgan fingerprint density at radius 3 is 2.67 bits per heavy atom. The number of carboxylic acids is 1. The largest absolute Gasteiger partial charge is 0.481 e. The molecule has 0 aromatic carbocycles. The van der Waals surface area contributed by atoms with E-state index in [1.165, 1.54) is 0 Å². The fraction of sp³-hybridized carbons (Fsp3) is 0.583. The Balaban J connectivity index is 2.60. The van der Waals surface area contributed by atoms with Crippen molar-refractivity contribution in [3.63, 3.8) is 0 Å². The molecule has 0 unspecified atom stereocenters. The van der Waals surface area contributed by atoms with E-state index in [1.54, 1.807) is 19.9 Å². The summed E-state index contributed by atoms with van der Waals surface area (Å²) in [5.74, 6) is -1.16. The van der Waals surface area contributed by atoms with E-state index in [0.717, 1.165) is 12.1 Å². The van der Waals surface area contributed by atoms with Crippen molar-refractivity contribution in [3.8, 4) is 0 Å². The summed E-state index contributed by atoms with van der Waals surface area (Å²) in [6, 6.07) is 1.70. The molecule has 0 fully saturated rings. The van der Waals surface area contributed by atoms with Crippen LogP contribution in [0, 0.1) is 0 Å². The van der Waals surface area contributed by atoms with E-state index < -0.39 is 11.5 Å². The average molecular weight is 253 g/mol. The van der Waals surface area contributed by atoms with Crippen LogP contribution in [-0.4, -0.2) is 32.7 Å². The van der Waals surface area contributed by atoms with Gasteiger partial charge in [0.2, 0.25) is 0 Å². The molecule has 3 N–H and O–H groups in total. The number of nitrogens with one attached hydrogen (secondary N) is 2. The van der Waals surface area contributed by atoms with E-state index >= 15 is 0 Å². The van der Waals surface area contributed by atoms with Crippen LogP contribution in [-0.2, 0) is 11.2 Å². The van der Waals surface area contributed by atoms with Gasteiger partial charge >= 0.3 is 5.97 Å². The van der Waals surface area contributed by atoms with Gasteiger partial charge in [-0.2, -0.15) is 5.10 Å². The predicted molar refractivity (Wildman–Crippen MR) is 66.4 cm³/mol. The van der Waals surface area contributed by atoms with Crippen molar-refractivity contribution in [2.45, 2.75) is 45.6 Å². The van der Waals surface area contributed by atoms with Gasteiger partial charge in [-0.15, -0.1) is 0 Å². The van der Waals surface area contributed by atoms with Crippen molar-refractivity contribution in [3.05, 3.63) is 17.5 Å². The molecule has 6 nitrogen and oxygen atoms in total. The first-order valence-corrected chi connectivity index (χ1v) is 5.92. The molecule has 1 heterocycles. The van der Waals surface area contributed by atoms with Gasteiger partial charge in [-0.05, 0) is 32.8 Å². The fourth-order valence-corrected chi connectivity index (χ4v) is 1.51. The first kappa shape index (κ1) is 14.2. The van der Waals surface area contributed by atoms with Crippen LogP contribution in [0.4, 0.5) is 0 Å². The number of aromatic amines is 1. The van der Waals surface area contributed by atoms with E-state index in [0.29, 0.717) is 12.1 Å². The lowest BCUT2D eigenvalue weighted by Crippen LogP contribution is -2.43. The maximum atomic E-state index is 11.9. The molecular formula is C12H19N3O3. The van der Waals surface area contributed by atoms with Gasteiger partial charge in [-0.1, -0.05) is 6.92 Å². The van der Waals surface area contributed by atoms with Gasteiger partial charge in [0.05, 0.1) is 0 Å². The Labute approximate surface area is 106 Å². The molecule has 1 rings (SSSR count). The van der Waals surface area contributed by atoms with E-state index in [4.69, 9.17) is 5.11 Å². The first-order chi connectivity index (χ1) is 8.34. The lowest BCUT2D eigenvalue weighted by molar-refractivity contribution is -0.137. The third-order valence-electron chi connectivity index (χ3n) is 2.66. The summed E-state index contributed by atoms with van der Waals surface area (Å²) in [6.45, 7) is 5.55. The van der Waals surface area contributed by atoms with Crippen LogP contribution in [0.25, 0.3) is 0 Å². The molecular weight excluding hydrogens is 234 g/mol. The third-order valence-corrected chi connectivity index (χ3v) is 2.66. The average Bonchev–Trinajstić information content (AvgIpc) is 2.74. The Bertz CT molecular complexity index is 438. The fourth-order valence-electron chi connectivity index (χ4n) is 1.51. The van der Waals surface area contributed by atoms with E-state index in [9.17, 15) is 9.59 Å². The molecule has 0 aliphatic heterocycles. The van der Waals surface area contributed by atoms with E-state index in [-0.39, 0.29) is 12.3 Å². The van der Waals surface area contributed by atoms with Crippen LogP contribution in [0.3, 0.4) is 0 Å². The Kier molecular flexibility index (Phi) is 4.47. The van der Waals surface area contributed by atoms with Crippen molar-refractivity contribution < 1.29 is 14.7 Å². The highest BCUT2D eigenvalue weighted by atomic mass is 16.4. The standard InChI is InChI=1S/C12H19N3O3/c1-4-8-7-9(15-14-8)11(18)13-12(2,3)6-5-10(16)17/h7H,4-6H2,1-3H3,(H,13,18)(H,14,15)(H,16,17). The zero-order valence-corrected chi connectivity index (χ0v) is 10.9. The van der Waals surface area contributed by atoms with Crippen LogP contribution >= 0.6 is 0 Å². The minimum Gasteiger partial charge on any atom is -0.481 e. The molecule has 0 aliphatic rings. The number of hydrogen-bond acceptors (Lipinski definition) is 3. The normalized spacial score (nSPS) is 11.3. The zero-order chi connectivity index (χ0) is 13.8. The SMILES string of the molecule is CCc1cc(C(=O)NC(C)(C)CCC(=O)O)n[nH]1. The highest BCUT2D eigenvalue weighted by molar-refractivity contribution is 5.92. The molecule has 0 radical (unpaired) electrons. The smallest absolute Gasteiger partial charge is 0.303 e. The highest BCUT2D eigenvalue weighted by Crippen LogP contribution is 2.12. The molecule has 6 heteroatoms. The van der Waals surface area contributed by atoms with Crippen LogP contribution in [0.15, 0.2) is 6.07 Å². The minimum absolute atomic E-state index is 0.0219. The number of aliphatic carboxylic acids is 1. The monoisotopic (exact) mass is 253 g/mol. The van der Waals surface area contributed by atoms with E-state index in [2.05, 4.69) is 15.5 Å². The Hall–Kier alpha value is -1.85. The number of aryl methyl sites for hydroxylation is 1. The Morgan fingerprint density at radius 1 is 1.50 bits per heavy atom. The second kappa shape index (κ2) is 5.66. The van der Waals surface area contributed by atoms with Crippen molar-refractivity contribution in [1.82, 2.24) is 15.5 Å². The Morgan fingerprint density at radius 2 is 2.17 bits per heavy atom. The number of nitrogens with zero attached hydrogens (tertiary/aromatic N) is 1. The summed E-state index contributed by atoms with van der Waals surface area (Å²) in [6.07, 6.45) is 1.18. The van der Waals surface area contributed by atoms with Crippen molar-refractivity contribution >= 4 is 11.9 Å². The van der Waals surface area contributed by atoms with Crippen LogP contribution < -0.4 is 5.32 Å². The summed E-state index contributed by atoms with van der Waals surface area (Å²) in [5, 5.41) is 18.1. The molecule has 0 saturated carbocycles. The summed E-state index contributed by atoms with van der Waals surface area (Å²) in [7, 11) is 0. The molecule has 0 saturated heterocycles. The number of hydrogen-bond donors (Lipinski definition) is 3. The maximum absolute atomic E-state index is 11.9. The number of carboxylic acid groups (broad SMARTS) is 1. The quantitative estimate of drug-likeness (QED) is 0.713. The van der Waals surface area contributed by atoms with Gasteiger partial charge in [-0.25, -0.2) is 0 Å². The topological polar surface area (TPSA) is 95.1 Å². The summed E-state index contributed by atoms with van der Waals surface area (Å²) >= 11 is 0. The number of carbonyl (C=O) groups excluding carboxylic acids is 1. The van der Waals surface area contributed by atoms with Gasteiger partial charge < -0.3 is 10.4 Å². The van der Waals surface area contributed by atoms with Crippen LogP contribution in [0.5, 0.6) is 0 Å². The predicted octanol–water partition coefficient (Wildman–Crippen LogP) is 1.35. The number of H-pyrrole nitrogens is 1. The molecule has 0 spiro atoms. The molecule has 18 heavy (non-hydrogen) atoms. The lowest BCUT2D eigenvalue weighted by atomic mass is 9.98. The summed E-state index contributed by atoms with van der Waals surface area (Å²) in [5.41, 5.74) is 0.652. The molecule has 100 valence electrons. The molecule has 0 aliphatic carbocycles. The van der Waals surface area contributed by atoms with Gasteiger partial charge in [0.15, 0.2) is 0 Å². The highest BCUT2D eigenvalue weighted by Gasteiger charge is 2.23. The van der Waals surface area contributed by atoms with Gasteiger partial charge in [-0.3, -0.25) is 14.7 Å². The molecule has 1 aromatic rings. The number of amides is 1. The summed E-state index contributed by atoms with van der Waals surface area (Å²) in [4.78, 5) is 22.4. The summed E-state index contributed by atoms with van der Waals surface area (Å²) < 4.78 is 0. The second-order valence-corrected chi connectivity index (χ2v) is 4.86. The van der Waals surface area contributed by atoms with Crippen LogP contribution in [0.2, 0.25) is 0 Å². The molecule has 1 amide bonds. The van der Waals surface area contributed by atoms with Crippen molar-refractivity contribution in [1.29, 1.82) is 0 Å². The number of aromatic nitrogens is 2. The molecule has 0 atom stereocenters. The number of carbonyl (C=O) groups is 2. The second-order valence-electron chi connectivity index (χ2n) is 4.86. The lowest BCUT2D eigenvalue weighted by Gasteiger charge is -2.25. The molecule has 1 aromatic heterocycles. The number of rotatable bonds is 6. The third kappa shape index (κ3) is 4.20. The van der Waals surface area contributed by atoms with E-state index in [1.807, 2.05) is 6.92 Å². The van der Waals surface area contributed by atoms with Crippen molar-refractivity contribution in [2.75, 3.05) is 0 Å².